The lowest BCUT2D eigenvalue weighted by Crippen LogP contribution is -2.45. The van der Waals surface area contributed by atoms with Gasteiger partial charge in [-0.2, -0.15) is 0 Å². The first-order valence-corrected chi connectivity index (χ1v) is 36.2. The lowest BCUT2D eigenvalue weighted by Gasteiger charge is -2.36. The average molecular weight is 1350 g/mol. The molecule has 8 N–H and O–H groups in total. The number of nitrogens with zero attached hydrogens (tertiary/aromatic N) is 5. The summed E-state index contributed by atoms with van der Waals surface area (Å²) in [6, 6.07) is 64.8. The Kier molecular flexibility index (Phi) is 37.3. The number of benzene rings is 7. The van der Waals surface area contributed by atoms with E-state index in [1.165, 1.54) is 200 Å². The molecule has 0 saturated heterocycles. The zero-order chi connectivity index (χ0) is 65.6. The van der Waals surface area contributed by atoms with Gasteiger partial charge in [0.1, 0.15) is 0 Å². The van der Waals surface area contributed by atoms with Crippen LogP contribution >= 0.6 is 31.9 Å². The number of para-hydroxylation sites is 3. The molecule has 7 aromatic rings. The van der Waals surface area contributed by atoms with Gasteiger partial charge < -0.3 is 32.7 Å². The molecule has 90 heavy (non-hydrogen) atoms. The topological polar surface area (TPSA) is 120 Å². The van der Waals surface area contributed by atoms with Crippen LogP contribution in [0.15, 0.2) is 176 Å². The minimum absolute atomic E-state index is 0.0653. The second kappa shape index (κ2) is 43.5. The molecule has 0 atom stereocenters. The van der Waals surface area contributed by atoms with Crippen LogP contribution in [0.2, 0.25) is 0 Å². The summed E-state index contributed by atoms with van der Waals surface area (Å²) in [5.74, 6) is 0. The fourth-order valence-corrected chi connectivity index (χ4v) is 13.7. The highest BCUT2D eigenvalue weighted by molar-refractivity contribution is 9.24. The molecule has 492 valence electrons. The van der Waals surface area contributed by atoms with Crippen molar-refractivity contribution in [3.05, 3.63) is 198 Å². The van der Waals surface area contributed by atoms with Gasteiger partial charge in [0.05, 0.1) is 30.9 Å². The highest BCUT2D eigenvalue weighted by Gasteiger charge is 2.44. The number of unbranched alkanes of at least 4 members (excludes halogenated alkanes) is 12. The summed E-state index contributed by atoms with van der Waals surface area (Å²) in [6.45, 7) is 12.5. The van der Waals surface area contributed by atoms with Crippen LogP contribution in [0.25, 0.3) is 22.3 Å². The first-order valence-electron chi connectivity index (χ1n) is 33.9. The van der Waals surface area contributed by atoms with E-state index in [1.807, 2.05) is 0 Å². The average Bonchev–Trinajstić information content (AvgIpc) is 1.58. The van der Waals surface area contributed by atoms with Crippen LogP contribution < -0.4 is 32.7 Å². The summed E-state index contributed by atoms with van der Waals surface area (Å²) in [7, 11) is 11.2. The molecule has 11 heteroatoms. The first kappa shape index (κ1) is 77.1. The Balaban J connectivity index is 0.000000411. The fourth-order valence-electron chi connectivity index (χ4n) is 13.7. The minimum Gasteiger partial charge on any atom is -0.399 e. The predicted molar refractivity (Wildman–Crippen MR) is 404 cm³/mol. The minimum atomic E-state index is 0.0653. The van der Waals surface area contributed by atoms with E-state index in [0.29, 0.717) is 0 Å². The molecule has 0 aromatic heterocycles. The standard InChI is InChI=1S/C50H65N5.C25H35N.CH2Br2.3CH5N/c1-6-8-10-23-35-50(36-24-11-9-7-2)48-32-22-21-31-46(48)47-34-33-45(37-49(47)50)55(44-29-19-14-20-30-44)41-53(5)39-51(3)38-52(4)40-54(42-25-15-12-16-26-42)43-27-17-13-18-28-43;1-3-5-7-11-17-25(18-12-8-6-4-2)23-14-10-9-13-21(23)22-16-15-20(26)19-24(22)25;2-1-3;3*1-2/h12-22,25-34,37H,6-11,23-24,35-36,38-41H2,1-5H3;9-10,13-16,19H,3-8,11-12,17-18,26H2,1-2H3;1H2;3*2H2,1H3. The molecule has 0 aliphatic heterocycles. The fraction of sp³-hybridized carbons (Fsp3) is 0.468. The Morgan fingerprint density at radius 2 is 0.600 bits per heavy atom. The summed E-state index contributed by atoms with van der Waals surface area (Å²) in [6.07, 6.45) is 25.9. The smallest absolute Gasteiger partial charge is 0.0764 e. The third kappa shape index (κ3) is 21.9. The number of alkyl halides is 2. The zero-order valence-electron chi connectivity index (χ0n) is 57.2. The molecule has 0 radical (unpaired) electrons. The molecular formula is C79H117Br2N9. The Morgan fingerprint density at radius 1 is 0.311 bits per heavy atom. The maximum absolute atomic E-state index is 6.24. The number of rotatable bonds is 32. The van der Waals surface area contributed by atoms with Crippen molar-refractivity contribution < 1.29 is 0 Å². The van der Waals surface area contributed by atoms with E-state index in [9.17, 15) is 0 Å². The number of hydrogen-bond donors (Lipinski definition) is 4. The van der Waals surface area contributed by atoms with Gasteiger partial charge >= 0.3 is 0 Å². The van der Waals surface area contributed by atoms with Crippen LogP contribution in [0.5, 0.6) is 0 Å². The van der Waals surface area contributed by atoms with E-state index in [-0.39, 0.29) is 10.8 Å². The molecule has 2 aliphatic carbocycles. The number of nitrogen functional groups attached to an aromatic ring is 1. The Labute approximate surface area is 564 Å². The molecule has 2 aliphatic rings. The highest BCUT2D eigenvalue weighted by Crippen LogP contribution is 2.56. The van der Waals surface area contributed by atoms with Crippen LogP contribution in [-0.4, -0.2) is 87.9 Å². The van der Waals surface area contributed by atoms with Crippen molar-refractivity contribution in [1.82, 2.24) is 14.7 Å². The molecule has 9 nitrogen and oxygen atoms in total. The molecule has 0 heterocycles. The van der Waals surface area contributed by atoms with Gasteiger partial charge in [0.15, 0.2) is 0 Å². The van der Waals surface area contributed by atoms with Crippen LogP contribution in [0.3, 0.4) is 0 Å². The number of anilines is 5. The molecule has 9 rings (SSSR count). The van der Waals surface area contributed by atoms with Crippen molar-refractivity contribution in [1.29, 1.82) is 0 Å². The number of fused-ring (bicyclic) bond motifs is 6. The molecule has 0 spiro atoms. The van der Waals surface area contributed by atoms with E-state index in [2.05, 4.69) is 298 Å². The van der Waals surface area contributed by atoms with Gasteiger partial charge in [-0.15, -0.1) is 0 Å². The van der Waals surface area contributed by atoms with Crippen molar-refractivity contribution in [2.75, 3.05) is 88.7 Å². The second-order valence-electron chi connectivity index (χ2n) is 24.1. The van der Waals surface area contributed by atoms with E-state index in [4.69, 9.17) is 5.73 Å². The molecular weight excluding hydrogens is 1230 g/mol. The number of nitrogens with two attached hydrogens (primary N) is 4. The maximum atomic E-state index is 6.24. The Morgan fingerprint density at radius 3 is 0.956 bits per heavy atom. The lowest BCUT2D eigenvalue weighted by molar-refractivity contribution is 0.121. The van der Waals surface area contributed by atoms with E-state index >= 15 is 0 Å². The molecule has 0 saturated carbocycles. The van der Waals surface area contributed by atoms with Crippen molar-refractivity contribution in [2.24, 2.45) is 17.2 Å². The van der Waals surface area contributed by atoms with Crippen LogP contribution in [0, 0.1) is 0 Å². The number of hydrogen-bond acceptors (Lipinski definition) is 9. The van der Waals surface area contributed by atoms with Gasteiger partial charge in [-0.05, 0) is 173 Å². The van der Waals surface area contributed by atoms with Crippen molar-refractivity contribution >= 4 is 60.3 Å². The van der Waals surface area contributed by atoms with Gasteiger partial charge in [-0.25, -0.2) is 0 Å². The van der Waals surface area contributed by atoms with Crippen LogP contribution in [-0.2, 0) is 10.8 Å². The third-order valence-electron chi connectivity index (χ3n) is 17.6. The first-order chi connectivity index (χ1) is 44.1. The van der Waals surface area contributed by atoms with Crippen LogP contribution in [0.1, 0.15) is 178 Å². The second-order valence-corrected chi connectivity index (χ2v) is 26.8. The zero-order valence-corrected chi connectivity index (χ0v) is 60.4. The maximum Gasteiger partial charge on any atom is 0.0764 e. The molecule has 7 aromatic carbocycles. The molecule has 0 unspecified atom stereocenters. The molecule has 0 amide bonds. The van der Waals surface area contributed by atoms with E-state index < -0.39 is 0 Å². The summed E-state index contributed by atoms with van der Waals surface area (Å²) >= 11 is 6.12. The van der Waals surface area contributed by atoms with E-state index in [1.54, 1.807) is 16.7 Å². The van der Waals surface area contributed by atoms with E-state index in [0.717, 1.165) is 36.6 Å². The van der Waals surface area contributed by atoms with Gasteiger partial charge in [-0.1, -0.05) is 278 Å². The lowest BCUT2D eigenvalue weighted by atomic mass is 9.70. The van der Waals surface area contributed by atoms with Crippen LogP contribution in [0.4, 0.5) is 28.4 Å². The third-order valence-corrected chi connectivity index (χ3v) is 17.6. The van der Waals surface area contributed by atoms with Crippen molar-refractivity contribution in [2.45, 2.75) is 167 Å². The van der Waals surface area contributed by atoms with Gasteiger partial charge in [-0.3, -0.25) is 14.7 Å². The summed E-state index contributed by atoms with van der Waals surface area (Å²) in [4.78, 5) is 12.1. The Bertz CT molecular complexity index is 2910. The molecule has 0 bridgehead atoms. The highest BCUT2D eigenvalue weighted by atomic mass is 79.9. The normalized spacial score (nSPS) is 12.5. The quantitative estimate of drug-likeness (QED) is 0.0141. The monoisotopic (exact) mass is 1350 g/mol. The predicted octanol–water partition coefficient (Wildman–Crippen LogP) is 20.4. The molecule has 0 fully saturated rings. The SMILES string of the molecule is BrCBr.CCCCCCC1(CCCCCC)c2ccccc2-c2ccc(N(CN(C)CN(C)CN(C)CN(c3ccccc3)c3ccccc3)c3ccccc3)cc21.CCCCCCC1(CCCCCC)c2ccccc2-c2ccc(N)cc21.CN.CN.CN. The number of halogens is 2. The van der Waals surface area contributed by atoms with Crippen molar-refractivity contribution in [3.63, 3.8) is 0 Å². The summed E-state index contributed by atoms with van der Waals surface area (Å²) in [5.41, 5.74) is 37.7. The summed E-state index contributed by atoms with van der Waals surface area (Å²) in [5, 5.41) is 0. The summed E-state index contributed by atoms with van der Waals surface area (Å²) < 4.78 is 0.875. The van der Waals surface area contributed by atoms with Gasteiger partial charge in [0, 0.05) is 39.3 Å². The van der Waals surface area contributed by atoms with Gasteiger partial charge in [0.25, 0.3) is 0 Å². The van der Waals surface area contributed by atoms with Crippen molar-refractivity contribution in [3.8, 4) is 22.3 Å². The largest absolute Gasteiger partial charge is 0.399 e. The van der Waals surface area contributed by atoms with Gasteiger partial charge in [0.2, 0.25) is 0 Å². The Hall–Kier alpha value is -5.34.